The smallest absolute Gasteiger partial charge is 0.252 e. The van der Waals surface area contributed by atoms with Crippen LogP contribution in [0.15, 0.2) is 36.5 Å². The number of hydrogen-bond donors (Lipinski definition) is 1. The van der Waals surface area contributed by atoms with E-state index in [2.05, 4.69) is 49.7 Å². The van der Waals surface area contributed by atoms with Crippen molar-refractivity contribution in [2.24, 2.45) is 0 Å². The molecule has 0 bridgehead atoms. The second-order valence-electron chi connectivity index (χ2n) is 9.31. The van der Waals surface area contributed by atoms with Gasteiger partial charge in [-0.1, -0.05) is 32.0 Å². The van der Waals surface area contributed by atoms with Crippen molar-refractivity contribution in [1.82, 2.24) is 20.1 Å². The number of amides is 1. The summed E-state index contributed by atoms with van der Waals surface area (Å²) in [6.45, 7) is 10.7. The van der Waals surface area contributed by atoms with Crippen molar-refractivity contribution >= 4 is 16.8 Å². The first-order valence-electron chi connectivity index (χ1n) is 10.5. The van der Waals surface area contributed by atoms with E-state index in [0.717, 1.165) is 41.4 Å². The van der Waals surface area contributed by atoms with Gasteiger partial charge in [0.2, 0.25) is 0 Å². The lowest BCUT2D eigenvalue weighted by Crippen LogP contribution is -2.32. The minimum atomic E-state index is -0.0625. The fourth-order valence-electron chi connectivity index (χ4n) is 4.20. The first kappa shape index (κ1) is 19.6. The number of aromatic nitrogens is 3. The zero-order valence-corrected chi connectivity index (χ0v) is 18.0. The lowest BCUT2D eigenvalue weighted by atomic mass is 9.91. The van der Waals surface area contributed by atoms with E-state index < -0.39 is 0 Å². The van der Waals surface area contributed by atoms with Gasteiger partial charge in [0.05, 0.1) is 28.9 Å². The maximum atomic E-state index is 13.3. The molecule has 0 spiro atoms. The van der Waals surface area contributed by atoms with Crippen molar-refractivity contribution in [3.63, 3.8) is 0 Å². The van der Waals surface area contributed by atoms with Gasteiger partial charge in [0.1, 0.15) is 0 Å². The normalized spacial score (nSPS) is 16.8. The molecule has 0 unspecified atom stereocenters. The molecule has 1 aromatic carbocycles. The standard InChI is InChI=1S/C24H30N4O/c1-15(2)21-13-17(16-9-6-7-10-19(16)26-21)23(29)27-20-11-8-12-22-18(20)14-25-28(22)24(3,4)5/h6-7,9-10,13-15,20H,8,11-12H2,1-5H3,(H,27,29)/t20-/m0/s1. The number of pyridine rings is 1. The first-order chi connectivity index (χ1) is 13.8. The molecule has 0 fully saturated rings. The van der Waals surface area contributed by atoms with Crippen LogP contribution in [0, 0.1) is 0 Å². The van der Waals surface area contributed by atoms with E-state index in [0.29, 0.717) is 5.56 Å². The highest BCUT2D eigenvalue weighted by molar-refractivity contribution is 6.06. The molecule has 2 heterocycles. The molecule has 29 heavy (non-hydrogen) atoms. The van der Waals surface area contributed by atoms with Gasteiger partial charge in [-0.2, -0.15) is 5.10 Å². The summed E-state index contributed by atoms with van der Waals surface area (Å²) in [6.07, 6.45) is 4.94. The van der Waals surface area contributed by atoms with Crippen LogP contribution in [0.3, 0.4) is 0 Å². The molecule has 1 aliphatic carbocycles. The second kappa shape index (κ2) is 7.29. The molecule has 5 heteroatoms. The van der Waals surface area contributed by atoms with Gasteiger partial charge < -0.3 is 5.32 Å². The van der Waals surface area contributed by atoms with Crippen molar-refractivity contribution in [3.8, 4) is 0 Å². The van der Waals surface area contributed by atoms with Gasteiger partial charge >= 0.3 is 0 Å². The van der Waals surface area contributed by atoms with Gasteiger partial charge in [-0.3, -0.25) is 14.5 Å². The van der Waals surface area contributed by atoms with E-state index in [1.807, 2.05) is 36.5 Å². The van der Waals surface area contributed by atoms with Crippen LogP contribution in [0.25, 0.3) is 10.9 Å². The fraction of sp³-hybridized carbons (Fsp3) is 0.458. The fourth-order valence-corrected chi connectivity index (χ4v) is 4.20. The van der Waals surface area contributed by atoms with Crippen molar-refractivity contribution in [1.29, 1.82) is 0 Å². The van der Waals surface area contributed by atoms with Gasteiger partial charge in [-0.15, -0.1) is 0 Å². The summed E-state index contributed by atoms with van der Waals surface area (Å²) >= 11 is 0. The monoisotopic (exact) mass is 390 g/mol. The van der Waals surface area contributed by atoms with Crippen LogP contribution in [0.5, 0.6) is 0 Å². The Kier molecular flexibility index (Phi) is 4.93. The van der Waals surface area contributed by atoms with E-state index in [1.54, 1.807) is 0 Å². The van der Waals surface area contributed by atoms with Crippen molar-refractivity contribution in [3.05, 3.63) is 59.0 Å². The quantitative estimate of drug-likeness (QED) is 0.675. The van der Waals surface area contributed by atoms with Gasteiger partial charge in [0, 0.05) is 22.3 Å². The molecule has 3 aromatic rings. The van der Waals surface area contributed by atoms with Crippen LogP contribution >= 0.6 is 0 Å². The molecule has 152 valence electrons. The number of para-hydroxylation sites is 1. The summed E-state index contributed by atoms with van der Waals surface area (Å²) in [5, 5.41) is 8.84. The Labute approximate surface area is 172 Å². The number of carbonyl (C=O) groups is 1. The van der Waals surface area contributed by atoms with E-state index in [1.165, 1.54) is 5.69 Å². The molecule has 4 rings (SSSR count). The second-order valence-corrected chi connectivity index (χ2v) is 9.31. The molecular formula is C24H30N4O. The molecule has 2 aromatic heterocycles. The Bertz CT molecular complexity index is 1060. The van der Waals surface area contributed by atoms with Crippen LogP contribution < -0.4 is 5.32 Å². The highest BCUT2D eigenvalue weighted by Crippen LogP contribution is 2.33. The Morgan fingerprint density at radius 2 is 2.00 bits per heavy atom. The lowest BCUT2D eigenvalue weighted by molar-refractivity contribution is 0.0934. The Morgan fingerprint density at radius 3 is 2.72 bits per heavy atom. The van der Waals surface area contributed by atoms with Crippen LogP contribution in [0.2, 0.25) is 0 Å². The Balaban J connectivity index is 1.69. The van der Waals surface area contributed by atoms with Crippen molar-refractivity contribution in [2.75, 3.05) is 0 Å². The summed E-state index contributed by atoms with van der Waals surface area (Å²) in [4.78, 5) is 18.1. The molecular weight excluding hydrogens is 360 g/mol. The largest absolute Gasteiger partial charge is 0.345 e. The minimum absolute atomic E-state index is 0.00298. The molecule has 1 amide bonds. The molecule has 1 aliphatic rings. The van der Waals surface area contributed by atoms with Crippen molar-refractivity contribution in [2.45, 2.75) is 71.4 Å². The number of fused-ring (bicyclic) bond motifs is 2. The minimum Gasteiger partial charge on any atom is -0.345 e. The van der Waals surface area contributed by atoms with Gasteiger partial charge in [-0.05, 0) is 58.1 Å². The third-order valence-corrected chi connectivity index (χ3v) is 5.70. The number of carbonyl (C=O) groups excluding carboxylic acids is 1. The van der Waals surface area contributed by atoms with Gasteiger partial charge in [0.15, 0.2) is 0 Å². The van der Waals surface area contributed by atoms with E-state index >= 15 is 0 Å². The number of nitrogens with one attached hydrogen (secondary N) is 1. The average Bonchev–Trinajstić information content (AvgIpc) is 3.12. The zero-order valence-electron chi connectivity index (χ0n) is 18.0. The summed E-state index contributed by atoms with van der Waals surface area (Å²) in [5.74, 6) is 0.226. The topological polar surface area (TPSA) is 59.8 Å². The predicted octanol–water partition coefficient (Wildman–Crippen LogP) is 5.12. The van der Waals surface area contributed by atoms with Crippen LogP contribution in [0.4, 0.5) is 0 Å². The number of hydrogen-bond acceptors (Lipinski definition) is 3. The number of rotatable bonds is 3. The van der Waals surface area contributed by atoms with Crippen LogP contribution in [0.1, 0.15) is 86.7 Å². The molecule has 1 N–H and O–H groups in total. The van der Waals surface area contributed by atoms with E-state index in [9.17, 15) is 4.79 Å². The number of benzene rings is 1. The predicted molar refractivity (Wildman–Crippen MR) is 116 cm³/mol. The third kappa shape index (κ3) is 3.66. The zero-order chi connectivity index (χ0) is 20.8. The highest BCUT2D eigenvalue weighted by atomic mass is 16.1. The Hall–Kier alpha value is -2.69. The maximum Gasteiger partial charge on any atom is 0.252 e. The lowest BCUT2D eigenvalue weighted by Gasteiger charge is -2.28. The molecule has 1 atom stereocenters. The summed E-state index contributed by atoms with van der Waals surface area (Å²) in [7, 11) is 0. The first-order valence-corrected chi connectivity index (χ1v) is 10.5. The molecule has 5 nitrogen and oxygen atoms in total. The van der Waals surface area contributed by atoms with Crippen LogP contribution in [-0.4, -0.2) is 20.7 Å². The molecule has 0 aliphatic heterocycles. The van der Waals surface area contributed by atoms with Gasteiger partial charge in [0.25, 0.3) is 5.91 Å². The molecule has 0 saturated heterocycles. The highest BCUT2D eigenvalue weighted by Gasteiger charge is 2.29. The SMILES string of the molecule is CC(C)c1cc(C(=O)N[C@H]2CCCc3c2cnn3C(C)(C)C)c2ccccc2n1. The van der Waals surface area contributed by atoms with Crippen molar-refractivity contribution < 1.29 is 4.79 Å². The maximum absolute atomic E-state index is 13.3. The van der Waals surface area contributed by atoms with Crippen LogP contribution in [-0.2, 0) is 12.0 Å². The number of nitrogens with zero attached hydrogens (tertiary/aromatic N) is 3. The summed E-state index contributed by atoms with van der Waals surface area (Å²) in [6, 6.07) is 9.83. The molecule has 0 radical (unpaired) electrons. The van der Waals surface area contributed by atoms with E-state index in [-0.39, 0.29) is 23.4 Å². The third-order valence-electron chi connectivity index (χ3n) is 5.70. The van der Waals surface area contributed by atoms with Gasteiger partial charge in [-0.25, -0.2) is 0 Å². The van der Waals surface area contributed by atoms with E-state index in [4.69, 9.17) is 4.98 Å². The Morgan fingerprint density at radius 1 is 1.24 bits per heavy atom. The average molecular weight is 391 g/mol. The summed E-state index contributed by atoms with van der Waals surface area (Å²) in [5.41, 5.74) is 4.85. The molecule has 0 saturated carbocycles. The summed E-state index contributed by atoms with van der Waals surface area (Å²) < 4.78 is 2.11.